The van der Waals surface area contributed by atoms with Crippen LogP contribution >= 0.6 is 0 Å². The summed E-state index contributed by atoms with van der Waals surface area (Å²) in [4.78, 5) is 9.37. The predicted molar refractivity (Wildman–Crippen MR) is 121 cm³/mol. The summed E-state index contributed by atoms with van der Waals surface area (Å²) in [5.74, 6) is 2.62. The van der Waals surface area contributed by atoms with E-state index >= 15 is 0 Å². The number of aromatic nitrogens is 6. The average molecular weight is 416 g/mol. The lowest BCUT2D eigenvalue weighted by molar-refractivity contribution is 0.470. The number of hydrogen-bond acceptors (Lipinski definition) is 8. The second-order valence-corrected chi connectivity index (χ2v) is 8.18. The van der Waals surface area contributed by atoms with E-state index in [9.17, 15) is 0 Å². The van der Waals surface area contributed by atoms with Gasteiger partial charge >= 0.3 is 0 Å². The molecule has 0 aromatic carbocycles. The molecule has 4 aromatic rings. The first-order valence-electron chi connectivity index (χ1n) is 10.4. The first-order chi connectivity index (χ1) is 15.0. The van der Waals surface area contributed by atoms with Gasteiger partial charge < -0.3 is 16.0 Å². The molecule has 9 heteroatoms. The number of fused-ring (bicyclic) bond motifs is 1. The summed E-state index contributed by atoms with van der Waals surface area (Å²) in [5, 5.41) is 22.9. The number of rotatable bonds is 6. The monoisotopic (exact) mass is 415 g/mol. The van der Waals surface area contributed by atoms with Crippen molar-refractivity contribution in [1.82, 2.24) is 35.3 Å². The highest BCUT2D eigenvalue weighted by Crippen LogP contribution is 2.29. The van der Waals surface area contributed by atoms with E-state index in [0.717, 1.165) is 46.6 Å². The van der Waals surface area contributed by atoms with Gasteiger partial charge in [-0.25, -0.2) is 4.98 Å². The Kier molecular flexibility index (Phi) is 4.95. The van der Waals surface area contributed by atoms with Crippen molar-refractivity contribution < 1.29 is 0 Å². The maximum Gasteiger partial charge on any atom is 0.156 e. The topological polar surface area (TPSA) is 105 Å². The van der Waals surface area contributed by atoms with E-state index in [-0.39, 0.29) is 0 Å². The third-order valence-corrected chi connectivity index (χ3v) is 5.40. The molecule has 0 unspecified atom stereocenters. The van der Waals surface area contributed by atoms with Crippen molar-refractivity contribution in [2.75, 3.05) is 23.7 Å². The first kappa shape index (κ1) is 19.4. The SMILES string of the molecule is CC(C)c1cnnc(Nc2ccc3ncc(-c4cn(C)nc4NC4CNC4)cc3n2)c1. The van der Waals surface area contributed by atoms with Crippen molar-refractivity contribution in [3.63, 3.8) is 0 Å². The third-order valence-electron chi connectivity index (χ3n) is 5.40. The quantitative estimate of drug-likeness (QED) is 0.441. The minimum absolute atomic E-state index is 0.380. The largest absolute Gasteiger partial charge is 0.363 e. The number of nitrogens with zero attached hydrogens (tertiary/aromatic N) is 6. The van der Waals surface area contributed by atoms with Gasteiger partial charge in [-0.2, -0.15) is 10.2 Å². The fourth-order valence-corrected chi connectivity index (χ4v) is 3.50. The van der Waals surface area contributed by atoms with Gasteiger partial charge in [0.25, 0.3) is 0 Å². The molecular weight excluding hydrogens is 390 g/mol. The van der Waals surface area contributed by atoms with Crippen LogP contribution in [0.4, 0.5) is 17.5 Å². The Labute approximate surface area is 180 Å². The lowest BCUT2D eigenvalue weighted by atomic mass is 10.1. The van der Waals surface area contributed by atoms with E-state index in [1.165, 1.54) is 0 Å². The molecule has 1 fully saturated rings. The summed E-state index contributed by atoms with van der Waals surface area (Å²) in [6.45, 7) is 6.16. The standard InChI is InChI=1S/C22H25N9/c1-13(2)14-7-21(29-25-9-14)28-20-5-4-18-19(27-20)6-15(8-24-18)17-12-31(3)30-22(17)26-16-10-23-11-16/h4-9,12-13,16,23H,10-11H2,1-3H3,(H,26,30)(H,27,28,29). The third kappa shape index (κ3) is 4.04. The molecule has 0 amide bonds. The van der Waals surface area contributed by atoms with Crippen LogP contribution in [0.5, 0.6) is 0 Å². The summed E-state index contributed by atoms with van der Waals surface area (Å²) in [5.41, 5.74) is 4.75. The Hall–Kier alpha value is -3.59. The fraction of sp³-hybridized carbons (Fsp3) is 0.318. The molecule has 1 aliphatic rings. The van der Waals surface area contributed by atoms with E-state index < -0.39 is 0 Å². The Morgan fingerprint density at radius 3 is 2.74 bits per heavy atom. The molecule has 0 aliphatic carbocycles. The molecule has 1 aliphatic heterocycles. The van der Waals surface area contributed by atoms with Gasteiger partial charge in [-0.15, -0.1) is 5.10 Å². The molecule has 3 N–H and O–H groups in total. The van der Waals surface area contributed by atoms with Gasteiger partial charge in [0.2, 0.25) is 0 Å². The van der Waals surface area contributed by atoms with E-state index in [4.69, 9.17) is 4.98 Å². The molecule has 1 saturated heterocycles. The van der Waals surface area contributed by atoms with Crippen LogP contribution < -0.4 is 16.0 Å². The van der Waals surface area contributed by atoms with Crippen LogP contribution in [0.1, 0.15) is 25.3 Å². The van der Waals surface area contributed by atoms with Gasteiger partial charge in [0.05, 0.1) is 23.3 Å². The smallest absolute Gasteiger partial charge is 0.156 e. The number of pyridine rings is 2. The van der Waals surface area contributed by atoms with Crippen LogP contribution in [-0.4, -0.2) is 49.1 Å². The van der Waals surface area contributed by atoms with Gasteiger partial charge in [0.15, 0.2) is 11.6 Å². The number of aryl methyl sites for hydroxylation is 1. The van der Waals surface area contributed by atoms with Crippen LogP contribution in [0.3, 0.4) is 0 Å². The van der Waals surface area contributed by atoms with Gasteiger partial charge in [-0.3, -0.25) is 9.67 Å². The predicted octanol–water partition coefficient (Wildman–Crippen LogP) is 3.07. The van der Waals surface area contributed by atoms with Crippen molar-refractivity contribution in [2.24, 2.45) is 7.05 Å². The zero-order valence-electron chi connectivity index (χ0n) is 17.8. The molecule has 0 radical (unpaired) electrons. The molecule has 9 nitrogen and oxygen atoms in total. The fourth-order valence-electron chi connectivity index (χ4n) is 3.50. The summed E-state index contributed by atoms with van der Waals surface area (Å²) in [7, 11) is 1.93. The van der Waals surface area contributed by atoms with Gasteiger partial charge in [0, 0.05) is 43.7 Å². The Balaban J connectivity index is 1.45. The van der Waals surface area contributed by atoms with E-state index in [0.29, 0.717) is 23.6 Å². The second kappa shape index (κ2) is 7.92. The summed E-state index contributed by atoms with van der Waals surface area (Å²) in [6.07, 6.45) is 5.67. The molecule has 5 heterocycles. The summed E-state index contributed by atoms with van der Waals surface area (Å²) >= 11 is 0. The minimum atomic E-state index is 0.380. The molecule has 0 saturated carbocycles. The minimum Gasteiger partial charge on any atom is -0.363 e. The number of nitrogens with one attached hydrogen (secondary N) is 3. The molecule has 158 valence electrons. The molecular formula is C22H25N9. The highest BCUT2D eigenvalue weighted by molar-refractivity contribution is 5.84. The van der Waals surface area contributed by atoms with Crippen LogP contribution in [-0.2, 0) is 7.05 Å². The van der Waals surface area contributed by atoms with Crippen LogP contribution in [0.2, 0.25) is 0 Å². The molecule has 4 aromatic heterocycles. The Bertz CT molecular complexity index is 1230. The molecule has 31 heavy (non-hydrogen) atoms. The summed E-state index contributed by atoms with van der Waals surface area (Å²) < 4.78 is 1.82. The maximum absolute atomic E-state index is 4.76. The molecule has 0 spiro atoms. The van der Waals surface area contributed by atoms with Crippen molar-refractivity contribution in [3.8, 4) is 11.1 Å². The molecule has 0 atom stereocenters. The zero-order chi connectivity index (χ0) is 21.4. The van der Waals surface area contributed by atoms with Crippen LogP contribution in [0, 0.1) is 0 Å². The zero-order valence-corrected chi connectivity index (χ0v) is 17.8. The van der Waals surface area contributed by atoms with E-state index in [2.05, 4.69) is 50.1 Å². The average Bonchev–Trinajstić information content (AvgIpc) is 3.10. The van der Waals surface area contributed by atoms with E-state index in [1.54, 1.807) is 6.20 Å². The summed E-state index contributed by atoms with van der Waals surface area (Å²) in [6, 6.07) is 8.31. The van der Waals surface area contributed by atoms with Crippen molar-refractivity contribution in [3.05, 3.63) is 48.4 Å². The van der Waals surface area contributed by atoms with Crippen LogP contribution in [0.25, 0.3) is 22.2 Å². The molecule has 0 bridgehead atoms. The van der Waals surface area contributed by atoms with Gasteiger partial charge in [0.1, 0.15) is 5.82 Å². The van der Waals surface area contributed by atoms with Crippen molar-refractivity contribution in [1.29, 1.82) is 0 Å². The van der Waals surface area contributed by atoms with Crippen LogP contribution in [0.15, 0.2) is 42.9 Å². The maximum atomic E-state index is 4.76. The Morgan fingerprint density at radius 2 is 1.97 bits per heavy atom. The molecule has 5 rings (SSSR count). The second-order valence-electron chi connectivity index (χ2n) is 8.18. The van der Waals surface area contributed by atoms with E-state index in [1.807, 2.05) is 48.4 Å². The van der Waals surface area contributed by atoms with Crippen molar-refractivity contribution >= 4 is 28.5 Å². The van der Waals surface area contributed by atoms with Gasteiger partial charge in [-0.05, 0) is 35.7 Å². The highest BCUT2D eigenvalue weighted by Gasteiger charge is 2.20. The van der Waals surface area contributed by atoms with Crippen molar-refractivity contribution in [2.45, 2.75) is 25.8 Å². The number of hydrogen-bond donors (Lipinski definition) is 3. The Morgan fingerprint density at radius 1 is 1.10 bits per heavy atom. The lowest BCUT2D eigenvalue weighted by Gasteiger charge is -2.28. The first-order valence-corrected chi connectivity index (χ1v) is 10.4. The lowest BCUT2D eigenvalue weighted by Crippen LogP contribution is -2.51. The number of anilines is 3. The highest BCUT2D eigenvalue weighted by atomic mass is 15.3. The van der Waals surface area contributed by atoms with Gasteiger partial charge in [-0.1, -0.05) is 13.8 Å². The normalized spacial score (nSPS) is 14.1.